The zero-order valence-electron chi connectivity index (χ0n) is 12.5. The van der Waals surface area contributed by atoms with E-state index in [1.165, 1.54) is 24.3 Å². The van der Waals surface area contributed by atoms with Gasteiger partial charge in [0, 0.05) is 24.7 Å². The molecule has 1 saturated carbocycles. The summed E-state index contributed by atoms with van der Waals surface area (Å²) in [7, 11) is 0. The van der Waals surface area contributed by atoms with Crippen molar-refractivity contribution in [3.63, 3.8) is 0 Å². The third-order valence-electron chi connectivity index (χ3n) is 4.42. The van der Waals surface area contributed by atoms with Crippen molar-refractivity contribution in [3.8, 4) is 0 Å². The largest absolute Gasteiger partial charge is 0.399 e. The van der Waals surface area contributed by atoms with Gasteiger partial charge in [-0.15, -0.1) is 0 Å². The van der Waals surface area contributed by atoms with Crippen molar-refractivity contribution < 1.29 is 4.79 Å². The lowest BCUT2D eigenvalue weighted by Crippen LogP contribution is -2.34. The standard InChI is InChI=1S/C17H24N2OS/c18-15-3-1-2-14(10-15)12-19(16-4-5-16)17(20)11-13-6-8-21-9-7-13/h1-3,10,13,16H,4-9,11-12,18H2. The predicted molar refractivity (Wildman–Crippen MR) is 89.1 cm³/mol. The Morgan fingerprint density at radius 1 is 1.24 bits per heavy atom. The summed E-state index contributed by atoms with van der Waals surface area (Å²) in [6, 6.07) is 8.39. The van der Waals surface area contributed by atoms with Gasteiger partial charge in [-0.1, -0.05) is 12.1 Å². The van der Waals surface area contributed by atoms with E-state index in [2.05, 4.69) is 11.0 Å². The molecule has 3 nitrogen and oxygen atoms in total. The molecule has 1 aromatic carbocycles. The van der Waals surface area contributed by atoms with Gasteiger partial charge >= 0.3 is 0 Å². The Hall–Kier alpha value is -1.16. The van der Waals surface area contributed by atoms with Crippen LogP contribution in [0.1, 0.15) is 37.7 Å². The fraction of sp³-hybridized carbons (Fsp3) is 0.588. The molecule has 1 amide bonds. The van der Waals surface area contributed by atoms with Crippen LogP contribution in [0.5, 0.6) is 0 Å². The number of rotatable bonds is 5. The molecule has 0 radical (unpaired) electrons. The monoisotopic (exact) mass is 304 g/mol. The average Bonchev–Trinajstić information content (AvgIpc) is 3.30. The number of nitrogens with two attached hydrogens (primary N) is 1. The number of nitrogen functional groups attached to an aromatic ring is 1. The van der Waals surface area contributed by atoms with Gasteiger partial charge in [-0.3, -0.25) is 4.79 Å². The van der Waals surface area contributed by atoms with E-state index in [1.54, 1.807) is 0 Å². The molecule has 3 rings (SSSR count). The fourth-order valence-electron chi connectivity index (χ4n) is 3.01. The SMILES string of the molecule is Nc1cccc(CN(C(=O)CC2CCSCC2)C2CC2)c1. The molecule has 0 unspecified atom stereocenters. The third-order valence-corrected chi connectivity index (χ3v) is 5.46. The highest BCUT2D eigenvalue weighted by Gasteiger charge is 2.33. The summed E-state index contributed by atoms with van der Waals surface area (Å²) in [4.78, 5) is 14.8. The van der Waals surface area contributed by atoms with Gasteiger partial charge in [-0.2, -0.15) is 11.8 Å². The zero-order chi connectivity index (χ0) is 14.7. The van der Waals surface area contributed by atoms with Gasteiger partial charge in [-0.05, 0) is 60.8 Å². The first-order valence-electron chi connectivity index (χ1n) is 7.94. The molecule has 0 bridgehead atoms. The quantitative estimate of drug-likeness (QED) is 0.849. The van der Waals surface area contributed by atoms with Crippen molar-refractivity contribution in [2.24, 2.45) is 5.92 Å². The second kappa shape index (κ2) is 6.73. The number of thioether (sulfide) groups is 1. The van der Waals surface area contributed by atoms with Gasteiger partial charge in [0.15, 0.2) is 0 Å². The van der Waals surface area contributed by atoms with Crippen molar-refractivity contribution in [1.29, 1.82) is 0 Å². The molecule has 1 aromatic rings. The van der Waals surface area contributed by atoms with E-state index >= 15 is 0 Å². The van der Waals surface area contributed by atoms with E-state index in [0.29, 0.717) is 17.9 Å². The van der Waals surface area contributed by atoms with Gasteiger partial charge < -0.3 is 10.6 Å². The lowest BCUT2D eigenvalue weighted by Gasteiger charge is -2.27. The van der Waals surface area contributed by atoms with Crippen LogP contribution in [0.3, 0.4) is 0 Å². The van der Waals surface area contributed by atoms with E-state index in [1.807, 2.05) is 30.0 Å². The normalized spacial score (nSPS) is 19.4. The number of nitrogens with zero attached hydrogens (tertiary/aromatic N) is 1. The number of carbonyl (C=O) groups excluding carboxylic acids is 1. The molecular weight excluding hydrogens is 280 g/mol. The van der Waals surface area contributed by atoms with Gasteiger partial charge in [0.1, 0.15) is 0 Å². The Bertz CT molecular complexity index is 495. The van der Waals surface area contributed by atoms with Crippen molar-refractivity contribution in [2.75, 3.05) is 17.2 Å². The van der Waals surface area contributed by atoms with E-state index in [4.69, 9.17) is 5.73 Å². The van der Waals surface area contributed by atoms with Crippen LogP contribution < -0.4 is 5.73 Å². The minimum atomic E-state index is 0.344. The van der Waals surface area contributed by atoms with Crippen LogP contribution in [0, 0.1) is 5.92 Å². The maximum absolute atomic E-state index is 12.7. The molecular formula is C17H24N2OS. The summed E-state index contributed by atoms with van der Waals surface area (Å²) in [5.41, 5.74) is 7.77. The lowest BCUT2D eigenvalue weighted by atomic mass is 9.98. The molecule has 2 fully saturated rings. The van der Waals surface area contributed by atoms with E-state index in [0.717, 1.165) is 37.1 Å². The summed E-state index contributed by atoms with van der Waals surface area (Å²) in [5.74, 6) is 3.38. The van der Waals surface area contributed by atoms with Gasteiger partial charge in [0.25, 0.3) is 0 Å². The summed E-state index contributed by atoms with van der Waals surface area (Å²) in [5, 5.41) is 0. The van der Waals surface area contributed by atoms with E-state index < -0.39 is 0 Å². The van der Waals surface area contributed by atoms with E-state index in [9.17, 15) is 4.79 Å². The fourth-order valence-corrected chi connectivity index (χ4v) is 4.21. The predicted octanol–water partition coefficient (Wildman–Crippen LogP) is 3.29. The molecule has 4 heteroatoms. The lowest BCUT2D eigenvalue weighted by molar-refractivity contribution is -0.133. The summed E-state index contributed by atoms with van der Waals surface area (Å²) in [6.07, 6.45) is 5.46. The van der Waals surface area contributed by atoms with Gasteiger partial charge in [-0.25, -0.2) is 0 Å². The molecule has 0 atom stereocenters. The van der Waals surface area contributed by atoms with Crippen LogP contribution in [-0.4, -0.2) is 28.4 Å². The Morgan fingerprint density at radius 2 is 2.00 bits per heavy atom. The zero-order valence-corrected chi connectivity index (χ0v) is 13.3. The Kier molecular flexibility index (Phi) is 4.73. The highest BCUT2D eigenvalue weighted by atomic mass is 32.2. The number of hydrogen-bond acceptors (Lipinski definition) is 3. The molecule has 1 aliphatic heterocycles. The van der Waals surface area contributed by atoms with Crippen LogP contribution in [0.25, 0.3) is 0 Å². The minimum absolute atomic E-state index is 0.344. The second-order valence-electron chi connectivity index (χ2n) is 6.26. The molecule has 0 spiro atoms. The van der Waals surface area contributed by atoms with Crippen LogP contribution in [-0.2, 0) is 11.3 Å². The summed E-state index contributed by atoms with van der Waals surface area (Å²) < 4.78 is 0. The molecule has 114 valence electrons. The summed E-state index contributed by atoms with van der Waals surface area (Å²) in [6.45, 7) is 0.718. The number of amides is 1. The molecule has 2 N–H and O–H groups in total. The number of hydrogen-bond donors (Lipinski definition) is 1. The van der Waals surface area contributed by atoms with Crippen LogP contribution in [0.2, 0.25) is 0 Å². The highest BCUT2D eigenvalue weighted by Crippen LogP contribution is 2.32. The molecule has 1 aliphatic carbocycles. The topological polar surface area (TPSA) is 46.3 Å². The second-order valence-corrected chi connectivity index (χ2v) is 7.48. The molecule has 0 aromatic heterocycles. The first kappa shape index (κ1) is 14.8. The van der Waals surface area contributed by atoms with Crippen molar-refractivity contribution in [1.82, 2.24) is 4.90 Å². The van der Waals surface area contributed by atoms with Crippen molar-refractivity contribution in [2.45, 2.75) is 44.7 Å². The maximum atomic E-state index is 12.7. The number of carbonyl (C=O) groups is 1. The first-order chi connectivity index (χ1) is 10.2. The molecule has 1 heterocycles. The third kappa shape index (κ3) is 4.16. The number of benzene rings is 1. The number of anilines is 1. The minimum Gasteiger partial charge on any atom is -0.399 e. The van der Waals surface area contributed by atoms with Crippen LogP contribution in [0.15, 0.2) is 24.3 Å². The van der Waals surface area contributed by atoms with Gasteiger partial charge in [0.05, 0.1) is 0 Å². The maximum Gasteiger partial charge on any atom is 0.223 e. The van der Waals surface area contributed by atoms with Crippen molar-refractivity contribution >= 4 is 23.4 Å². The Labute approximate surface area is 131 Å². The van der Waals surface area contributed by atoms with Crippen molar-refractivity contribution in [3.05, 3.63) is 29.8 Å². The van der Waals surface area contributed by atoms with Crippen LogP contribution >= 0.6 is 11.8 Å². The molecule has 21 heavy (non-hydrogen) atoms. The Balaban J connectivity index is 1.62. The molecule has 2 aliphatic rings. The van der Waals surface area contributed by atoms with Gasteiger partial charge in [0.2, 0.25) is 5.91 Å². The molecule has 1 saturated heterocycles. The van der Waals surface area contributed by atoms with E-state index in [-0.39, 0.29) is 0 Å². The first-order valence-corrected chi connectivity index (χ1v) is 9.09. The smallest absolute Gasteiger partial charge is 0.223 e. The van der Waals surface area contributed by atoms with Crippen LogP contribution in [0.4, 0.5) is 5.69 Å². The average molecular weight is 304 g/mol. The Morgan fingerprint density at radius 3 is 2.67 bits per heavy atom. The summed E-state index contributed by atoms with van der Waals surface area (Å²) >= 11 is 2.02. The highest BCUT2D eigenvalue weighted by molar-refractivity contribution is 7.99.